The molecule has 2 fully saturated rings. The second kappa shape index (κ2) is 5.56. The summed E-state index contributed by atoms with van der Waals surface area (Å²) in [6.45, 7) is 2.79. The van der Waals surface area contributed by atoms with Gasteiger partial charge in [-0.2, -0.15) is 5.10 Å². The zero-order chi connectivity index (χ0) is 14.1. The lowest BCUT2D eigenvalue weighted by atomic mass is 9.65. The van der Waals surface area contributed by atoms with E-state index < -0.39 is 0 Å². The molecule has 5 nitrogen and oxygen atoms in total. The summed E-state index contributed by atoms with van der Waals surface area (Å²) in [4.78, 5) is 12.5. The molecule has 1 aromatic heterocycles. The summed E-state index contributed by atoms with van der Waals surface area (Å²) in [5.74, 6) is 2.13. The molecule has 0 saturated heterocycles. The molecule has 1 amide bonds. The van der Waals surface area contributed by atoms with Gasteiger partial charge in [-0.15, -0.1) is 0 Å². The van der Waals surface area contributed by atoms with E-state index >= 15 is 0 Å². The normalized spacial score (nSPS) is 32.9. The lowest BCUT2D eigenvalue weighted by Crippen LogP contribution is -2.48. The van der Waals surface area contributed by atoms with Gasteiger partial charge in [-0.05, 0) is 44.4 Å². The molecule has 2 aliphatic carbocycles. The van der Waals surface area contributed by atoms with Crippen LogP contribution in [-0.2, 0) is 11.3 Å². The van der Waals surface area contributed by atoms with E-state index in [2.05, 4.69) is 10.4 Å². The van der Waals surface area contributed by atoms with Crippen molar-refractivity contribution in [2.75, 3.05) is 5.32 Å². The number of amides is 1. The van der Waals surface area contributed by atoms with Crippen molar-refractivity contribution < 1.29 is 4.79 Å². The average Bonchev–Trinajstić information content (AvgIpc) is 2.85. The highest BCUT2D eigenvalue weighted by Crippen LogP contribution is 2.42. The van der Waals surface area contributed by atoms with Crippen LogP contribution >= 0.6 is 0 Å². The molecule has 3 N–H and O–H groups in total. The summed E-state index contributed by atoms with van der Waals surface area (Å²) < 4.78 is 1.81. The molecule has 0 radical (unpaired) electrons. The summed E-state index contributed by atoms with van der Waals surface area (Å²) in [5, 5.41) is 7.22. The van der Waals surface area contributed by atoms with Crippen LogP contribution in [-0.4, -0.2) is 21.7 Å². The Labute approximate surface area is 119 Å². The van der Waals surface area contributed by atoms with Crippen molar-refractivity contribution in [2.24, 2.45) is 23.5 Å². The minimum atomic E-state index is 0.116. The fourth-order valence-electron chi connectivity index (χ4n) is 3.92. The lowest BCUT2D eigenvalue weighted by Gasteiger charge is -2.43. The summed E-state index contributed by atoms with van der Waals surface area (Å²) in [6, 6.07) is 2.17. The monoisotopic (exact) mass is 276 g/mol. The number of anilines is 1. The zero-order valence-corrected chi connectivity index (χ0v) is 12.1. The maximum Gasteiger partial charge on any atom is 0.228 e. The molecule has 2 saturated carbocycles. The molecule has 1 heterocycles. The van der Waals surface area contributed by atoms with Gasteiger partial charge in [0.25, 0.3) is 0 Å². The Morgan fingerprint density at radius 3 is 2.80 bits per heavy atom. The Kier molecular flexibility index (Phi) is 3.78. The molecule has 5 heteroatoms. The molecule has 0 spiro atoms. The molecule has 2 bridgehead atoms. The van der Waals surface area contributed by atoms with E-state index in [-0.39, 0.29) is 11.8 Å². The van der Waals surface area contributed by atoms with Gasteiger partial charge < -0.3 is 11.1 Å². The van der Waals surface area contributed by atoms with Gasteiger partial charge in [0, 0.05) is 24.6 Å². The first-order chi connectivity index (χ1) is 9.69. The van der Waals surface area contributed by atoms with Crippen molar-refractivity contribution >= 4 is 11.7 Å². The van der Waals surface area contributed by atoms with Gasteiger partial charge in [-0.1, -0.05) is 6.42 Å². The number of hydrogen-bond acceptors (Lipinski definition) is 3. The Morgan fingerprint density at radius 2 is 2.15 bits per heavy atom. The van der Waals surface area contributed by atoms with Gasteiger partial charge >= 0.3 is 0 Å². The zero-order valence-electron chi connectivity index (χ0n) is 12.1. The Hall–Kier alpha value is -1.36. The SMILES string of the molecule is CCn1nccc1NC(=O)C1CC2CCCC(C1)C2N. The third-order valence-corrected chi connectivity index (χ3v) is 5.05. The molecule has 2 aliphatic rings. The van der Waals surface area contributed by atoms with Crippen LogP contribution < -0.4 is 11.1 Å². The third kappa shape index (κ3) is 2.46. The molecular weight excluding hydrogens is 252 g/mol. The van der Waals surface area contributed by atoms with Gasteiger partial charge in [0.05, 0.1) is 6.20 Å². The highest BCUT2D eigenvalue weighted by Gasteiger charge is 2.40. The van der Waals surface area contributed by atoms with E-state index in [0.717, 1.165) is 25.2 Å². The van der Waals surface area contributed by atoms with Crippen LogP contribution in [0.25, 0.3) is 0 Å². The van der Waals surface area contributed by atoms with Gasteiger partial charge in [0.1, 0.15) is 5.82 Å². The van der Waals surface area contributed by atoms with E-state index in [4.69, 9.17) is 5.73 Å². The smallest absolute Gasteiger partial charge is 0.228 e. The van der Waals surface area contributed by atoms with Crippen molar-refractivity contribution in [2.45, 2.75) is 51.6 Å². The molecule has 110 valence electrons. The summed E-state index contributed by atoms with van der Waals surface area (Å²) in [6.07, 6.45) is 7.28. The van der Waals surface area contributed by atoms with E-state index in [1.807, 2.05) is 17.7 Å². The predicted octanol–water partition coefficient (Wildman–Crippen LogP) is 2.00. The van der Waals surface area contributed by atoms with Crippen molar-refractivity contribution in [3.63, 3.8) is 0 Å². The Morgan fingerprint density at radius 1 is 1.45 bits per heavy atom. The molecule has 20 heavy (non-hydrogen) atoms. The first-order valence-corrected chi connectivity index (χ1v) is 7.77. The number of carbonyl (C=O) groups is 1. The van der Waals surface area contributed by atoms with Crippen LogP contribution in [0.3, 0.4) is 0 Å². The van der Waals surface area contributed by atoms with E-state index in [9.17, 15) is 4.79 Å². The molecule has 2 atom stereocenters. The van der Waals surface area contributed by atoms with Crippen LogP contribution in [0, 0.1) is 17.8 Å². The molecule has 0 aromatic carbocycles. The maximum absolute atomic E-state index is 12.5. The van der Waals surface area contributed by atoms with Crippen LogP contribution in [0.2, 0.25) is 0 Å². The number of fused-ring (bicyclic) bond motifs is 2. The number of nitrogens with zero attached hydrogens (tertiary/aromatic N) is 2. The quantitative estimate of drug-likeness (QED) is 0.886. The Bertz CT molecular complexity index is 470. The summed E-state index contributed by atoms with van der Waals surface area (Å²) in [5.41, 5.74) is 6.28. The molecule has 3 rings (SSSR count). The fourth-order valence-corrected chi connectivity index (χ4v) is 3.92. The Balaban J connectivity index is 1.66. The van der Waals surface area contributed by atoms with E-state index in [1.54, 1.807) is 6.20 Å². The number of aromatic nitrogens is 2. The number of nitrogens with two attached hydrogens (primary N) is 1. The lowest BCUT2D eigenvalue weighted by molar-refractivity contribution is -0.122. The number of nitrogens with one attached hydrogen (secondary N) is 1. The second-order valence-electron chi connectivity index (χ2n) is 6.22. The van der Waals surface area contributed by atoms with Gasteiger partial charge in [0.2, 0.25) is 5.91 Å². The van der Waals surface area contributed by atoms with Gasteiger partial charge in [-0.25, -0.2) is 4.68 Å². The maximum atomic E-state index is 12.5. The highest BCUT2D eigenvalue weighted by atomic mass is 16.2. The first kappa shape index (κ1) is 13.6. The van der Waals surface area contributed by atoms with Crippen LogP contribution in [0.4, 0.5) is 5.82 Å². The second-order valence-corrected chi connectivity index (χ2v) is 6.22. The molecule has 1 aromatic rings. The highest BCUT2D eigenvalue weighted by molar-refractivity contribution is 5.91. The number of aryl methyl sites for hydroxylation is 1. The largest absolute Gasteiger partial charge is 0.327 e. The third-order valence-electron chi connectivity index (χ3n) is 5.05. The van der Waals surface area contributed by atoms with Gasteiger partial charge in [-0.3, -0.25) is 4.79 Å². The molecule has 0 aliphatic heterocycles. The number of rotatable bonds is 3. The van der Waals surface area contributed by atoms with Crippen molar-refractivity contribution in [1.82, 2.24) is 9.78 Å². The molecule has 2 unspecified atom stereocenters. The number of hydrogen-bond donors (Lipinski definition) is 2. The van der Waals surface area contributed by atoms with Crippen molar-refractivity contribution in [3.05, 3.63) is 12.3 Å². The number of carbonyl (C=O) groups excluding carboxylic acids is 1. The topological polar surface area (TPSA) is 72.9 Å². The average molecular weight is 276 g/mol. The van der Waals surface area contributed by atoms with Crippen molar-refractivity contribution in [1.29, 1.82) is 0 Å². The fraction of sp³-hybridized carbons (Fsp3) is 0.733. The van der Waals surface area contributed by atoms with Crippen LogP contribution in [0.15, 0.2) is 12.3 Å². The van der Waals surface area contributed by atoms with Gasteiger partial charge in [0.15, 0.2) is 0 Å². The summed E-state index contributed by atoms with van der Waals surface area (Å²) >= 11 is 0. The predicted molar refractivity (Wildman–Crippen MR) is 78.1 cm³/mol. The minimum Gasteiger partial charge on any atom is -0.327 e. The molecular formula is C15H24N4O. The first-order valence-electron chi connectivity index (χ1n) is 7.77. The minimum absolute atomic E-state index is 0.116. The summed E-state index contributed by atoms with van der Waals surface area (Å²) in [7, 11) is 0. The van der Waals surface area contributed by atoms with Crippen LogP contribution in [0.5, 0.6) is 0 Å². The standard InChI is InChI=1S/C15H24N4O/c1-2-19-13(6-7-17-19)18-15(20)12-8-10-4-3-5-11(9-12)14(10)16/h6-7,10-12,14H,2-5,8-9,16H2,1H3,(H,18,20). The van der Waals surface area contributed by atoms with E-state index in [1.165, 1.54) is 19.3 Å². The van der Waals surface area contributed by atoms with Crippen molar-refractivity contribution in [3.8, 4) is 0 Å². The van der Waals surface area contributed by atoms with Crippen LogP contribution in [0.1, 0.15) is 39.0 Å². The van der Waals surface area contributed by atoms with E-state index in [0.29, 0.717) is 17.9 Å².